The fourth-order valence-corrected chi connectivity index (χ4v) is 1.68. The van der Waals surface area contributed by atoms with E-state index in [0.717, 1.165) is 0 Å². The zero-order valence-corrected chi connectivity index (χ0v) is 13.2. The van der Waals surface area contributed by atoms with Crippen LogP contribution in [0, 0.1) is 5.92 Å². The predicted molar refractivity (Wildman–Crippen MR) is 80.1 cm³/mol. The van der Waals surface area contributed by atoms with E-state index in [1.165, 1.54) is 0 Å². The molecule has 0 aliphatic rings. The average Bonchev–Trinajstić information content (AvgIpc) is 2.48. The highest BCUT2D eigenvalue weighted by Gasteiger charge is 2.23. The van der Waals surface area contributed by atoms with Gasteiger partial charge in [0.05, 0.1) is 19.7 Å². The van der Waals surface area contributed by atoms with Crippen molar-refractivity contribution >= 4 is 23.7 Å². The Morgan fingerprint density at radius 1 is 1.04 bits per heavy atom. The first kappa shape index (κ1) is 20.8. The number of hydrogen-bond acceptors (Lipinski definition) is 6. The topological polar surface area (TPSA) is 171 Å². The molecule has 0 aliphatic heterocycles. The number of aliphatic hydroxyl groups excluding tert-OH is 1. The van der Waals surface area contributed by atoms with Gasteiger partial charge in [0, 0.05) is 0 Å². The van der Waals surface area contributed by atoms with Crippen molar-refractivity contribution < 1.29 is 29.4 Å². The summed E-state index contributed by atoms with van der Waals surface area (Å²) in [6.45, 7) is 2.14. The number of carbonyl (C=O) groups is 4. The highest BCUT2D eigenvalue weighted by molar-refractivity contribution is 5.91. The molecule has 3 amide bonds. The van der Waals surface area contributed by atoms with Crippen LogP contribution in [0.5, 0.6) is 0 Å². The summed E-state index contributed by atoms with van der Waals surface area (Å²) in [5.74, 6) is -3.20. The normalized spacial score (nSPS) is 13.1. The maximum absolute atomic E-state index is 11.7. The van der Waals surface area contributed by atoms with Crippen LogP contribution < -0.4 is 21.7 Å². The van der Waals surface area contributed by atoms with Crippen molar-refractivity contribution in [1.29, 1.82) is 0 Å². The first-order valence-electron chi connectivity index (χ1n) is 7.11. The highest BCUT2D eigenvalue weighted by atomic mass is 16.4. The molecular formula is C13H24N4O6. The van der Waals surface area contributed by atoms with Gasteiger partial charge in [0.25, 0.3) is 0 Å². The van der Waals surface area contributed by atoms with Gasteiger partial charge < -0.3 is 31.9 Å². The van der Waals surface area contributed by atoms with Crippen LogP contribution in [0.25, 0.3) is 0 Å². The second kappa shape index (κ2) is 10.5. The molecule has 7 N–H and O–H groups in total. The largest absolute Gasteiger partial charge is 0.480 e. The molecule has 0 saturated carbocycles. The molecule has 0 rings (SSSR count). The smallest absolute Gasteiger partial charge is 0.326 e. The summed E-state index contributed by atoms with van der Waals surface area (Å²) in [6.07, 6.45) is 0.251. The number of nitrogens with one attached hydrogen (secondary N) is 3. The first-order valence-corrected chi connectivity index (χ1v) is 7.11. The SMILES string of the molecule is CC(C)C[C@H](NC(=O)CNC(=O)[C@H](CO)NC(=O)CN)C(=O)O. The third kappa shape index (κ3) is 8.73. The fraction of sp³-hybridized carbons (Fsp3) is 0.692. The molecule has 0 aromatic rings. The second-order valence-corrected chi connectivity index (χ2v) is 5.31. The molecular weight excluding hydrogens is 308 g/mol. The van der Waals surface area contributed by atoms with Crippen molar-refractivity contribution in [1.82, 2.24) is 16.0 Å². The van der Waals surface area contributed by atoms with Crippen molar-refractivity contribution in [3.63, 3.8) is 0 Å². The summed E-state index contributed by atoms with van der Waals surface area (Å²) >= 11 is 0. The molecule has 10 heteroatoms. The first-order chi connectivity index (χ1) is 10.7. The molecule has 132 valence electrons. The summed E-state index contributed by atoms with van der Waals surface area (Å²) < 4.78 is 0. The number of nitrogens with two attached hydrogens (primary N) is 1. The van der Waals surface area contributed by atoms with Crippen LogP contribution in [-0.2, 0) is 19.2 Å². The lowest BCUT2D eigenvalue weighted by molar-refractivity contribution is -0.142. The molecule has 0 saturated heterocycles. The molecule has 0 aromatic heterocycles. The summed E-state index contributed by atoms with van der Waals surface area (Å²) in [5.41, 5.74) is 5.08. The van der Waals surface area contributed by atoms with E-state index in [0.29, 0.717) is 0 Å². The Kier molecular flexibility index (Phi) is 9.51. The number of amides is 3. The maximum Gasteiger partial charge on any atom is 0.326 e. The van der Waals surface area contributed by atoms with Crippen LogP contribution in [-0.4, -0.2) is 65.7 Å². The zero-order chi connectivity index (χ0) is 18.0. The molecule has 0 aromatic carbocycles. The van der Waals surface area contributed by atoms with E-state index in [1.54, 1.807) is 0 Å². The third-order valence-corrected chi connectivity index (χ3v) is 2.78. The predicted octanol–water partition coefficient (Wildman–Crippen LogP) is -2.85. The van der Waals surface area contributed by atoms with Crippen molar-refractivity contribution in [3.8, 4) is 0 Å². The lowest BCUT2D eigenvalue weighted by Crippen LogP contribution is -2.53. The number of carboxylic acids is 1. The Morgan fingerprint density at radius 3 is 2.04 bits per heavy atom. The van der Waals surface area contributed by atoms with Gasteiger partial charge in [-0.25, -0.2) is 4.79 Å². The van der Waals surface area contributed by atoms with Gasteiger partial charge in [-0.1, -0.05) is 13.8 Å². The van der Waals surface area contributed by atoms with E-state index in [2.05, 4.69) is 16.0 Å². The van der Waals surface area contributed by atoms with Gasteiger partial charge in [-0.15, -0.1) is 0 Å². The number of carboxylic acid groups (broad SMARTS) is 1. The van der Waals surface area contributed by atoms with E-state index in [1.807, 2.05) is 13.8 Å². The summed E-state index contributed by atoms with van der Waals surface area (Å²) in [5, 5.41) is 24.7. The van der Waals surface area contributed by atoms with Crippen LogP contribution in [0.2, 0.25) is 0 Å². The van der Waals surface area contributed by atoms with Crippen molar-refractivity contribution in [2.45, 2.75) is 32.4 Å². The quantitative estimate of drug-likeness (QED) is 0.250. The molecule has 10 nitrogen and oxygen atoms in total. The van der Waals surface area contributed by atoms with E-state index in [4.69, 9.17) is 15.9 Å². The molecule has 0 radical (unpaired) electrons. The van der Waals surface area contributed by atoms with Gasteiger partial charge in [-0.2, -0.15) is 0 Å². The van der Waals surface area contributed by atoms with Crippen LogP contribution in [0.15, 0.2) is 0 Å². The van der Waals surface area contributed by atoms with Crippen molar-refractivity contribution in [2.24, 2.45) is 11.7 Å². The number of carbonyl (C=O) groups excluding carboxylic acids is 3. The van der Waals surface area contributed by atoms with Crippen LogP contribution in [0.1, 0.15) is 20.3 Å². The van der Waals surface area contributed by atoms with Crippen LogP contribution in [0.4, 0.5) is 0 Å². The molecule has 23 heavy (non-hydrogen) atoms. The maximum atomic E-state index is 11.7. The van der Waals surface area contributed by atoms with Crippen molar-refractivity contribution in [2.75, 3.05) is 19.7 Å². The van der Waals surface area contributed by atoms with E-state index in [9.17, 15) is 19.2 Å². The number of hydrogen-bond donors (Lipinski definition) is 6. The lowest BCUT2D eigenvalue weighted by atomic mass is 10.0. The fourth-order valence-electron chi connectivity index (χ4n) is 1.68. The van der Waals surface area contributed by atoms with Gasteiger partial charge in [0.1, 0.15) is 12.1 Å². The Labute approximate surface area is 133 Å². The number of aliphatic hydroxyl groups is 1. The molecule has 0 bridgehead atoms. The zero-order valence-electron chi connectivity index (χ0n) is 13.2. The number of rotatable bonds is 10. The van der Waals surface area contributed by atoms with E-state index < -0.39 is 48.9 Å². The van der Waals surface area contributed by atoms with Gasteiger partial charge in [-0.3, -0.25) is 14.4 Å². The van der Waals surface area contributed by atoms with Crippen LogP contribution in [0.3, 0.4) is 0 Å². The minimum atomic E-state index is -1.23. The molecule has 0 spiro atoms. The Morgan fingerprint density at radius 2 is 1.61 bits per heavy atom. The summed E-state index contributed by atoms with van der Waals surface area (Å²) in [4.78, 5) is 45.5. The second-order valence-electron chi connectivity index (χ2n) is 5.31. The Balaban J connectivity index is 4.42. The molecule has 0 fully saturated rings. The number of aliphatic carboxylic acids is 1. The minimum Gasteiger partial charge on any atom is -0.480 e. The molecule has 0 heterocycles. The van der Waals surface area contributed by atoms with E-state index in [-0.39, 0.29) is 18.9 Å². The molecule has 0 unspecified atom stereocenters. The lowest BCUT2D eigenvalue weighted by Gasteiger charge is -2.18. The third-order valence-electron chi connectivity index (χ3n) is 2.78. The Hall–Kier alpha value is -2.20. The van der Waals surface area contributed by atoms with E-state index >= 15 is 0 Å². The highest BCUT2D eigenvalue weighted by Crippen LogP contribution is 2.04. The molecule has 0 aliphatic carbocycles. The standard InChI is InChI=1S/C13H24N4O6/c1-7(2)3-8(13(22)23)16-11(20)5-15-12(21)9(6-18)17-10(19)4-14/h7-9,18H,3-6,14H2,1-2H3,(H,15,21)(H,16,20)(H,17,19)(H,22,23)/t8-,9-/m0/s1. The van der Waals surface area contributed by atoms with Gasteiger partial charge in [0.2, 0.25) is 17.7 Å². The Bertz CT molecular complexity index is 440. The van der Waals surface area contributed by atoms with Gasteiger partial charge >= 0.3 is 5.97 Å². The monoisotopic (exact) mass is 332 g/mol. The van der Waals surface area contributed by atoms with Crippen molar-refractivity contribution in [3.05, 3.63) is 0 Å². The summed E-state index contributed by atoms with van der Waals surface area (Å²) in [6, 6.07) is -2.28. The van der Waals surface area contributed by atoms with Crippen LogP contribution >= 0.6 is 0 Å². The average molecular weight is 332 g/mol. The van der Waals surface area contributed by atoms with Gasteiger partial charge in [0.15, 0.2) is 0 Å². The summed E-state index contributed by atoms with van der Waals surface area (Å²) in [7, 11) is 0. The molecule has 2 atom stereocenters. The van der Waals surface area contributed by atoms with Gasteiger partial charge in [-0.05, 0) is 12.3 Å². The minimum absolute atomic E-state index is 0.0660.